The van der Waals surface area contributed by atoms with Crippen LogP contribution in [0.1, 0.15) is 64.0 Å². The van der Waals surface area contributed by atoms with Crippen LogP contribution in [-0.4, -0.2) is 18.0 Å². The number of amides is 1. The molecule has 2 N–H and O–H groups in total. The maximum absolute atomic E-state index is 12.5. The molecule has 3 heteroatoms. The lowest BCUT2D eigenvalue weighted by Crippen LogP contribution is -2.44. The summed E-state index contributed by atoms with van der Waals surface area (Å²) in [4.78, 5) is 12.5. The molecule has 2 heterocycles. The Balaban J connectivity index is 1.57. The van der Waals surface area contributed by atoms with Crippen LogP contribution in [-0.2, 0) is 16.8 Å². The van der Waals surface area contributed by atoms with Crippen LogP contribution in [0.3, 0.4) is 0 Å². The Hall–Kier alpha value is -1.35. The van der Waals surface area contributed by atoms with Gasteiger partial charge >= 0.3 is 0 Å². The quantitative estimate of drug-likeness (QED) is 0.873. The molecule has 2 saturated heterocycles. The average Bonchev–Trinajstić information content (AvgIpc) is 2.85. The molecule has 1 aromatic rings. The number of hydrogen-bond donors (Lipinski definition) is 2. The smallest absolute Gasteiger partial charge is 0.220 e. The van der Waals surface area contributed by atoms with E-state index >= 15 is 0 Å². The summed E-state index contributed by atoms with van der Waals surface area (Å²) in [6, 6.07) is 9.91. The van der Waals surface area contributed by atoms with Crippen molar-refractivity contribution >= 4 is 5.91 Å². The SMILES string of the molecule is CCc1ccc(C(C)(C)NC(=O)CC2CC3CCC(C2)N3)cc1. The lowest BCUT2D eigenvalue weighted by atomic mass is 9.88. The number of aryl methyl sites for hydroxylation is 1. The molecule has 3 rings (SSSR count). The van der Waals surface area contributed by atoms with Crippen LogP contribution in [0.15, 0.2) is 24.3 Å². The van der Waals surface area contributed by atoms with E-state index in [0.29, 0.717) is 24.4 Å². The molecular weight excluding hydrogens is 284 g/mol. The molecule has 23 heavy (non-hydrogen) atoms. The molecule has 3 nitrogen and oxygen atoms in total. The van der Waals surface area contributed by atoms with Gasteiger partial charge in [0.2, 0.25) is 5.91 Å². The van der Waals surface area contributed by atoms with E-state index < -0.39 is 0 Å². The van der Waals surface area contributed by atoms with Crippen molar-refractivity contribution in [3.63, 3.8) is 0 Å². The van der Waals surface area contributed by atoms with Crippen molar-refractivity contribution in [1.29, 1.82) is 0 Å². The predicted molar refractivity (Wildman–Crippen MR) is 94.3 cm³/mol. The van der Waals surface area contributed by atoms with Gasteiger partial charge in [0.1, 0.15) is 0 Å². The summed E-state index contributed by atoms with van der Waals surface area (Å²) in [5, 5.41) is 6.89. The predicted octanol–water partition coefficient (Wildman–Crippen LogP) is 3.52. The minimum Gasteiger partial charge on any atom is -0.347 e. The Morgan fingerprint density at radius 2 is 1.78 bits per heavy atom. The zero-order valence-corrected chi connectivity index (χ0v) is 14.7. The number of fused-ring (bicyclic) bond motifs is 2. The fourth-order valence-electron chi connectivity index (χ4n) is 4.23. The normalized spacial score (nSPS) is 27.0. The second kappa shape index (κ2) is 6.64. The third-order valence-corrected chi connectivity index (χ3v) is 5.58. The van der Waals surface area contributed by atoms with Crippen LogP contribution in [0.4, 0.5) is 0 Å². The topological polar surface area (TPSA) is 41.1 Å². The highest BCUT2D eigenvalue weighted by atomic mass is 16.1. The van der Waals surface area contributed by atoms with E-state index in [9.17, 15) is 4.79 Å². The maximum atomic E-state index is 12.5. The van der Waals surface area contributed by atoms with E-state index in [1.54, 1.807) is 0 Å². The van der Waals surface area contributed by atoms with Crippen LogP contribution in [0.5, 0.6) is 0 Å². The fraction of sp³-hybridized carbons (Fsp3) is 0.650. The van der Waals surface area contributed by atoms with E-state index in [4.69, 9.17) is 0 Å². The molecule has 2 fully saturated rings. The molecule has 2 atom stereocenters. The van der Waals surface area contributed by atoms with Gasteiger partial charge in [-0.2, -0.15) is 0 Å². The highest BCUT2D eigenvalue weighted by Crippen LogP contribution is 2.33. The Labute approximate surface area is 140 Å². The molecule has 1 aromatic carbocycles. The van der Waals surface area contributed by atoms with E-state index in [1.165, 1.54) is 24.0 Å². The molecule has 2 bridgehead atoms. The van der Waals surface area contributed by atoms with Gasteiger partial charge in [0.05, 0.1) is 5.54 Å². The van der Waals surface area contributed by atoms with Crippen LogP contribution >= 0.6 is 0 Å². The summed E-state index contributed by atoms with van der Waals surface area (Å²) < 4.78 is 0. The number of carbonyl (C=O) groups is 1. The maximum Gasteiger partial charge on any atom is 0.220 e. The molecule has 0 aromatic heterocycles. The molecule has 2 aliphatic rings. The molecular formula is C20H30N2O. The summed E-state index contributed by atoms with van der Waals surface area (Å²) in [7, 11) is 0. The summed E-state index contributed by atoms with van der Waals surface area (Å²) in [5.74, 6) is 0.743. The molecule has 2 aliphatic heterocycles. The van der Waals surface area contributed by atoms with Crippen molar-refractivity contribution in [2.45, 2.75) is 76.9 Å². The number of hydrogen-bond acceptors (Lipinski definition) is 2. The Kier molecular flexibility index (Phi) is 4.77. The zero-order chi connectivity index (χ0) is 16.4. The average molecular weight is 314 g/mol. The van der Waals surface area contributed by atoms with Crippen molar-refractivity contribution in [2.24, 2.45) is 5.92 Å². The van der Waals surface area contributed by atoms with Crippen molar-refractivity contribution in [1.82, 2.24) is 10.6 Å². The first kappa shape index (κ1) is 16.5. The minimum absolute atomic E-state index is 0.195. The minimum atomic E-state index is -0.310. The van der Waals surface area contributed by atoms with Crippen LogP contribution < -0.4 is 10.6 Å². The molecule has 126 valence electrons. The Bertz CT molecular complexity index is 537. The van der Waals surface area contributed by atoms with Gasteiger partial charge in [0.25, 0.3) is 0 Å². The van der Waals surface area contributed by atoms with E-state index in [2.05, 4.69) is 55.7 Å². The van der Waals surface area contributed by atoms with Gasteiger partial charge in [-0.15, -0.1) is 0 Å². The fourth-order valence-corrected chi connectivity index (χ4v) is 4.23. The van der Waals surface area contributed by atoms with Crippen LogP contribution in [0, 0.1) is 5.92 Å². The first-order valence-electron chi connectivity index (χ1n) is 9.12. The third-order valence-electron chi connectivity index (χ3n) is 5.58. The van der Waals surface area contributed by atoms with Gasteiger partial charge in [-0.1, -0.05) is 31.2 Å². The van der Waals surface area contributed by atoms with Gasteiger partial charge in [0, 0.05) is 18.5 Å². The number of carbonyl (C=O) groups excluding carboxylic acids is 1. The summed E-state index contributed by atoms with van der Waals surface area (Å²) in [6.45, 7) is 6.35. The van der Waals surface area contributed by atoms with Gasteiger partial charge in [-0.05, 0) is 63.0 Å². The van der Waals surface area contributed by atoms with Gasteiger partial charge in [-0.3, -0.25) is 4.79 Å². The number of benzene rings is 1. The highest BCUT2D eigenvalue weighted by Gasteiger charge is 2.34. The lowest BCUT2D eigenvalue weighted by Gasteiger charge is -2.31. The second-order valence-electron chi connectivity index (χ2n) is 7.90. The summed E-state index contributed by atoms with van der Waals surface area (Å²) in [6.07, 6.45) is 6.62. The van der Waals surface area contributed by atoms with Crippen molar-refractivity contribution < 1.29 is 4.79 Å². The van der Waals surface area contributed by atoms with Crippen LogP contribution in [0.2, 0.25) is 0 Å². The Morgan fingerprint density at radius 3 is 2.35 bits per heavy atom. The number of nitrogens with one attached hydrogen (secondary N) is 2. The second-order valence-corrected chi connectivity index (χ2v) is 7.90. The lowest BCUT2D eigenvalue weighted by molar-refractivity contribution is -0.124. The standard InChI is InChI=1S/C20H30N2O/c1-4-14-5-7-16(8-6-14)20(2,3)22-19(23)13-15-11-17-9-10-18(12-15)21-17/h5-8,15,17-18,21H,4,9-13H2,1-3H3,(H,22,23). The van der Waals surface area contributed by atoms with Crippen molar-refractivity contribution in [3.8, 4) is 0 Å². The highest BCUT2D eigenvalue weighted by molar-refractivity contribution is 5.77. The molecule has 2 unspecified atom stereocenters. The molecule has 0 spiro atoms. The largest absolute Gasteiger partial charge is 0.347 e. The Morgan fingerprint density at radius 1 is 1.17 bits per heavy atom. The first-order chi connectivity index (χ1) is 11.0. The van der Waals surface area contributed by atoms with Gasteiger partial charge < -0.3 is 10.6 Å². The van der Waals surface area contributed by atoms with E-state index in [1.807, 2.05) is 0 Å². The molecule has 0 saturated carbocycles. The monoisotopic (exact) mass is 314 g/mol. The van der Waals surface area contributed by atoms with E-state index in [-0.39, 0.29) is 11.4 Å². The first-order valence-corrected chi connectivity index (χ1v) is 9.12. The molecule has 1 amide bonds. The van der Waals surface area contributed by atoms with Crippen molar-refractivity contribution in [3.05, 3.63) is 35.4 Å². The van der Waals surface area contributed by atoms with Gasteiger partial charge in [-0.25, -0.2) is 0 Å². The number of piperidine rings is 1. The third kappa shape index (κ3) is 3.95. The van der Waals surface area contributed by atoms with Crippen molar-refractivity contribution in [2.75, 3.05) is 0 Å². The summed E-state index contributed by atoms with van der Waals surface area (Å²) in [5.41, 5.74) is 2.20. The molecule has 0 radical (unpaired) electrons. The van der Waals surface area contributed by atoms with Gasteiger partial charge in [0.15, 0.2) is 0 Å². The zero-order valence-electron chi connectivity index (χ0n) is 14.7. The molecule has 0 aliphatic carbocycles. The summed E-state index contributed by atoms with van der Waals surface area (Å²) >= 11 is 0. The van der Waals surface area contributed by atoms with Crippen LogP contribution in [0.25, 0.3) is 0 Å². The number of rotatable bonds is 5. The van der Waals surface area contributed by atoms with E-state index in [0.717, 1.165) is 19.3 Å².